The lowest BCUT2D eigenvalue weighted by molar-refractivity contribution is 0.102. The van der Waals surface area contributed by atoms with E-state index in [4.69, 9.17) is 11.6 Å². The molecule has 0 bridgehead atoms. The van der Waals surface area contributed by atoms with Gasteiger partial charge in [-0.3, -0.25) is 9.59 Å². The third kappa shape index (κ3) is 4.11. The van der Waals surface area contributed by atoms with Crippen LogP contribution in [-0.2, 0) is 19.4 Å². The van der Waals surface area contributed by atoms with E-state index in [2.05, 4.69) is 16.8 Å². The fourth-order valence-electron chi connectivity index (χ4n) is 3.55. The fraction of sp³-hybridized carbons (Fsp3) is 0.455. The Morgan fingerprint density at radius 1 is 1.04 bits per heavy atom. The van der Waals surface area contributed by atoms with E-state index < -0.39 is 0 Å². The standard InChI is InChI=1S/C22H29ClN2O2/c1-7-10-25-14(5)13(4)21(26)19(15(25)6)22(27)24-20-16(8-2)11-18(23)12-17(20)9-3/h11-12H,7-10H2,1-6H3,(H,24,27). The van der Waals surface area contributed by atoms with Gasteiger partial charge >= 0.3 is 0 Å². The normalized spacial score (nSPS) is 10.9. The van der Waals surface area contributed by atoms with Gasteiger partial charge in [0, 0.05) is 34.2 Å². The maximum Gasteiger partial charge on any atom is 0.261 e. The van der Waals surface area contributed by atoms with Crippen molar-refractivity contribution in [3.8, 4) is 0 Å². The summed E-state index contributed by atoms with van der Waals surface area (Å²) >= 11 is 6.21. The van der Waals surface area contributed by atoms with Crippen LogP contribution in [0.1, 0.15) is 65.6 Å². The van der Waals surface area contributed by atoms with E-state index >= 15 is 0 Å². The summed E-state index contributed by atoms with van der Waals surface area (Å²) in [4.78, 5) is 26.0. The molecule has 0 saturated heterocycles. The minimum Gasteiger partial charge on any atom is -0.348 e. The molecule has 0 aliphatic rings. The van der Waals surface area contributed by atoms with Crippen molar-refractivity contribution >= 4 is 23.2 Å². The average molecular weight is 389 g/mol. The van der Waals surface area contributed by atoms with Crippen LogP contribution in [-0.4, -0.2) is 10.5 Å². The molecule has 1 amide bonds. The zero-order valence-corrected chi connectivity index (χ0v) is 17.9. The lowest BCUT2D eigenvalue weighted by Crippen LogP contribution is -2.30. The molecule has 0 radical (unpaired) electrons. The van der Waals surface area contributed by atoms with Crippen LogP contribution in [0.4, 0.5) is 5.69 Å². The van der Waals surface area contributed by atoms with E-state index in [1.54, 1.807) is 6.92 Å². The Balaban J connectivity index is 2.60. The molecule has 0 saturated carbocycles. The highest BCUT2D eigenvalue weighted by Crippen LogP contribution is 2.28. The third-order valence-electron chi connectivity index (χ3n) is 5.22. The third-order valence-corrected chi connectivity index (χ3v) is 5.44. The average Bonchev–Trinajstić information content (AvgIpc) is 2.64. The summed E-state index contributed by atoms with van der Waals surface area (Å²) in [6.45, 7) is 12.5. The number of carbonyl (C=O) groups excluding carboxylic acids is 1. The number of hydrogen-bond donors (Lipinski definition) is 1. The molecule has 0 aliphatic carbocycles. The van der Waals surface area contributed by atoms with E-state index in [0.29, 0.717) is 16.3 Å². The van der Waals surface area contributed by atoms with Crippen molar-refractivity contribution in [2.45, 2.75) is 67.3 Å². The summed E-state index contributed by atoms with van der Waals surface area (Å²) in [5, 5.41) is 3.67. The second-order valence-corrected chi connectivity index (χ2v) is 7.35. The maximum absolute atomic E-state index is 13.1. The van der Waals surface area contributed by atoms with Crippen LogP contribution in [0.5, 0.6) is 0 Å². The number of nitrogens with zero attached hydrogens (tertiary/aromatic N) is 1. The molecule has 27 heavy (non-hydrogen) atoms. The van der Waals surface area contributed by atoms with Crippen LogP contribution in [0, 0.1) is 20.8 Å². The zero-order valence-electron chi connectivity index (χ0n) is 17.1. The monoisotopic (exact) mass is 388 g/mol. The minimum atomic E-state index is -0.350. The van der Waals surface area contributed by atoms with Gasteiger partial charge in [0.25, 0.3) is 5.91 Å². The molecule has 0 unspecified atom stereocenters. The van der Waals surface area contributed by atoms with Crippen LogP contribution < -0.4 is 10.7 Å². The molecule has 0 fully saturated rings. The number of anilines is 1. The summed E-state index contributed by atoms with van der Waals surface area (Å²) in [6.07, 6.45) is 2.42. The number of aromatic nitrogens is 1. The number of nitrogens with one attached hydrogen (secondary N) is 1. The molecule has 0 aliphatic heterocycles. The van der Waals surface area contributed by atoms with Gasteiger partial charge in [0.2, 0.25) is 0 Å². The first-order chi connectivity index (χ1) is 12.8. The fourth-order valence-corrected chi connectivity index (χ4v) is 3.81. The van der Waals surface area contributed by atoms with E-state index in [1.807, 2.05) is 39.8 Å². The first kappa shape index (κ1) is 21.2. The highest BCUT2D eigenvalue weighted by molar-refractivity contribution is 6.30. The molecule has 5 heteroatoms. The van der Waals surface area contributed by atoms with Crippen molar-refractivity contribution < 1.29 is 4.79 Å². The van der Waals surface area contributed by atoms with Gasteiger partial charge in [0.05, 0.1) is 0 Å². The van der Waals surface area contributed by atoms with Gasteiger partial charge in [-0.2, -0.15) is 0 Å². The van der Waals surface area contributed by atoms with Crippen LogP contribution in [0.2, 0.25) is 5.02 Å². The summed E-state index contributed by atoms with van der Waals surface area (Å²) in [5.74, 6) is -0.350. The molecule has 2 aromatic rings. The van der Waals surface area contributed by atoms with Gasteiger partial charge in [-0.05, 0) is 63.3 Å². The molecule has 1 N–H and O–H groups in total. The minimum absolute atomic E-state index is 0.195. The van der Waals surface area contributed by atoms with Crippen molar-refractivity contribution in [3.05, 3.63) is 61.0 Å². The molecular formula is C22H29ClN2O2. The first-order valence-electron chi connectivity index (χ1n) is 9.59. The highest BCUT2D eigenvalue weighted by Gasteiger charge is 2.22. The predicted molar refractivity (Wildman–Crippen MR) is 113 cm³/mol. The number of rotatable bonds is 6. The second-order valence-electron chi connectivity index (χ2n) is 6.91. The molecule has 0 atom stereocenters. The van der Waals surface area contributed by atoms with Gasteiger partial charge < -0.3 is 9.88 Å². The molecule has 1 aromatic heterocycles. The molecule has 4 nitrogen and oxygen atoms in total. The Kier molecular flexibility index (Phi) is 6.88. The molecule has 0 spiro atoms. The predicted octanol–water partition coefficient (Wildman–Crippen LogP) is 5.21. The van der Waals surface area contributed by atoms with Crippen molar-refractivity contribution in [2.24, 2.45) is 0 Å². The highest BCUT2D eigenvalue weighted by atomic mass is 35.5. The quantitative estimate of drug-likeness (QED) is 0.738. The molecular weight excluding hydrogens is 360 g/mol. The lowest BCUT2D eigenvalue weighted by Gasteiger charge is -2.20. The van der Waals surface area contributed by atoms with Crippen LogP contribution in [0.15, 0.2) is 16.9 Å². The first-order valence-corrected chi connectivity index (χ1v) is 9.97. The number of halogens is 1. The maximum atomic E-state index is 13.1. The Bertz CT molecular complexity index is 904. The van der Waals surface area contributed by atoms with Crippen LogP contribution in [0.25, 0.3) is 0 Å². The Morgan fingerprint density at radius 3 is 2.07 bits per heavy atom. The lowest BCUT2D eigenvalue weighted by atomic mass is 10.0. The number of benzene rings is 1. The van der Waals surface area contributed by atoms with Gasteiger partial charge in [0.1, 0.15) is 5.56 Å². The van der Waals surface area contributed by atoms with Gasteiger partial charge in [-0.15, -0.1) is 0 Å². The largest absolute Gasteiger partial charge is 0.348 e. The van der Waals surface area contributed by atoms with Crippen molar-refractivity contribution in [3.63, 3.8) is 0 Å². The number of amides is 1. The molecule has 146 valence electrons. The zero-order chi connectivity index (χ0) is 20.3. The molecule has 1 heterocycles. The Morgan fingerprint density at radius 2 is 1.59 bits per heavy atom. The number of carbonyl (C=O) groups is 1. The molecule has 1 aromatic carbocycles. The second kappa shape index (κ2) is 8.75. The van der Waals surface area contributed by atoms with Crippen molar-refractivity contribution in [2.75, 3.05) is 5.32 Å². The smallest absolute Gasteiger partial charge is 0.261 e. The van der Waals surface area contributed by atoms with Gasteiger partial charge in [-0.1, -0.05) is 32.4 Å². The summed E-state index contributed by atoms with van der Waals surface area (Å²) in [6, 6.07) is 3.75. The SMILES string of the molecule is CCCn1c(C)c(C)c(=O)c(C(=O)Nc2c(CC)cc(Cl)cc2CC)c1C. The summed E-state index contributed by atoms with van der Waals surface area (Å²) < 4.78 is 2.06. The summed E-state index contributed by atoms with van der Waals surface area (Å²) in [7, 11) is 0. The number of hydrogen-bond acceptors (Lipinski definition) is 2. The van der Waals surface area contributed by atoms with Crippen LogP contribution in [0.3, 0.4) is 0 Å². The van der Waals surface area contributed by atoms with E-state index in [-0.39, 0.29) is 16.9 Å². The van der Waals surface area contributed by atoms with Crippen molar-refractivity contribution in [1.82, 2.24) is 4.57 Å². The number of aryl methyl sites for hydroxylation is 2. The van der Waals surface area contributed by atoms with Gasteiger partial charge in [-0.25, -0.2) is 0 Å². The van der Waals surface area contributed by atoms with E-state index in [0.717, 1.165) is 48.3 Å². The Labute approximate surface area is 166 Å². The Hall–Kier alpha value is -2.07. The number of pyridine rings is 1. The van der Waals surface area contributed by atoms with E-state index in [9.17, 15) is 9.59 Å². The topological polar surface area (TPSA) is 51.1 Å². The van der Waals surface area contributed by atoms with E-state index in [1.165, 1.54) is 0 Å². The molecule has 2 rings (SSSR count). The van der Waals surface area contributed by atoms with Gasteiger partial charge in [0.15, 0.2) is 5.43 Å². The van der Waals surface area contributed by atoms with Crippen LogP contribution >= 0.6 is 11.6 Å². The van der Waals surface area contributed by atoms with Crippen molar-refractivity contribution in [1.29, 1.82) is 0 Å². The summed E-state index contributed by atoms with van der Waals surface area (Å²) in [5.41, 5.74) is 5.02.